The third-order valence-electron chi connectivity index (χ3n) is 4.84. The van der Waals surface area contributed by atoms with Crippen LogP contribution in [0.25, 0.3) is 5.76 Å². The molecule has 0 spiro atoms. The second-order valence-electron chi connectivity index (χ2n) is 8.30. The van der Waals surface area contributed by atoms with Crippen LogP contribution in [0.15, 0.2) is 48.2 Å². The van der Waals surface area contributed by atoms with E-state index >= 15 is 0 Å². The molecule has 0 fully saturated rings. The standard InChI is InChI=1S/C25H30N2O6/c1-7-27(8-2)23(28)22-20(32-21-18(30-6)14-11-15-19(21)31-22)16-12-9-10-13-17(16)26-24(29)33-25(3,4)5/h9-15H,7-8H2,1-6H3,(H,26,29). The number of amides is 2. The highest BCUT2D eigenvalue weighted by Gasteiger charge is 2.33. The van der Waals surface area contributed by atoms with Crippen molar-refractivity contribution in [1.29, 1.82) is 0 Å². The van der Waals surface area contributed by atoms with Gasteiger partial charge in [0.2, 0.25) is 11.5 Å². The molecule has 1 heterocycles. The van der Waals surface area contributed by atoms with Crippen LogP contribution < -0.4 is 19.5 Å². The molecule has 0 radical (unpaired) electrons. The number of fused-ring (bicyclic) bond motifs is 1. The topological polar surface area (TPSA) is 86.3 Å². The second kappa shape index (κ2) is 9.85. The molecule has 1 N–H and O–H groups in total. The highest BCUT2D eigenvalue weighted by Crippen LogP contribution is 2.45. The van der Waals surface area contributed by atoms with Crippen LogP contribution in [0.2, 0.25) is 0 Å². The molecule has 0 saturated heterocycles. The molecule has 0 saturated carbocycles. The molecule has 0 bridgehead atoms. The van der Waals surface area contributed by atoms with Crippen molar-refractivity contribution in [1.82, 2.24) is 4.90 Å². The van der Waals surface area contributed by atoms with Crippen LogP contribution in [0.4, 0.5) is 10.5 Å². The van der Waals surface area contributed by atoms with Crippen LogP contribution >= 0.6 is 0 Å². The molecular formula is C25H30N2O6. The van der Waals surface area contributed by atoms with Crippen molar-refractivity contribution < 1.29 is 28.5 Å². The number of nitrogens with one attached hydrogen (secondary N) is 1. The zero-order chi connectivity index (χ0) is 24.2. The number of rotatable bonds is 6. The smallest absolute Gasteiger partial charge is 0.412 e. The summed E-state index contributed by atoms with van der Waals surface area (Å²) in [4.78, 5) is 27.4. The zero-order valence-electron chi connectivity index (χ0n) is 19.9. The van der Waals surface area contributed by atoms with Crippen molar-refractivity contribution in [3.8, 4) is 17.2 Å². The van der Waals surface area contributed by atoms with Gasteiger partial charge in [-0.05, 0) is 58.9 Å². The molecule has 3 rings (SSSR count). The quantitative estimate of drug-likeness (QED) is 0.657. The summed E-state index contributed by atoms with van der Waals surface area (Å²) in [6, 6.07) is 12.2. The number of carbonyl (C=O) groups is 2. The predicted molar refractivity (Wildman–Crippen MR) is 125 cm³/mol. The van der Waals surface area contributed by atoms with E-state index in [1.807, 2.05) is 13.8 Å². The maximum atomic E-state index is 13.3. The average molecular weight is 455 g/mol. The SMILES string of the molecule is CCN(CC)C(=O)C1=C(c2ccccc2NC(=O)OC(C)(C)C)Oc2c(OC)cccc2O1. The van der Waals surface area contributed by atoms with Gasteiger partial charge in [-0.3, -0.25) is 10.1 Å². The number of ether oxygens (including phenoxy) is 4. The maximum absolute atomic E-state index is 13.3. The molecule has 176 valence electrons. The Labute approximate surface area is 194 Å². The molecule has 0 aliphatic carbocycles. The van der Waals surface area contributed by atoms with Gasteiger partial charge in [0.15, 0.2) is 17.3 Å². The summed E-state index contributed by atoms with van der Waals surface area (Å²) < 4.78 is 23.1. The Balaban J connectivity index is 2.12. The normalized spacial score (nSPS) is 12.8. The van der Waals surface area contributed by atoms with Crippen LogP contribution in [0, 0.1) is 0 Å². The first-order valence-electron chi connectivity index (χ1n) is 10.8. The molecule has 1 aliphatic rings. The summed E-state index contributed by atoms with van der Waals surface area (Å²) in [7, 11) is 1.52. The Morgan fingerprint density at radius 2 is 1.70 bits per heavy atom. The van der Waals surface area contributed by atoms with Gasteiger partial charge in [-0.25, -0.2) is 4.79 Å². The summed E-state index contributed by atoms with van der Waals surface area (Å²) in [5.74, 6) is 1.05. The number of para-hydroxylation sites is 2. The third-order valence-corrected chi connectivity index (χ3v) is 4.84. The lowest BCUT2D eigenvalue weighted by molar-refractivity contribution is -0.129. The highest BCUT2D eigenvalue weighted by atomic mass is 16.6. The Hall–Kier alpha value is -3.68. The molecule has 0 unspecified atom stereocenters. The minimum absolute atomic E-state index is 0.0258. The number of hydrogen-bond acceptors (Lipinski definition) is 6. The van der Waals surface area contributed by atoms with E-state index < -0.39 is 11.7 Å². The van der Waals surface area contributed by atoms with Crippen molar-refractivity contribution in [2.24, 2.45) is 0 Å². The molecule has 33 heavy (non-hydrogen) atoms. The fraction of sp³-hybridized carbons (Fsp3) is 0.360. The number of benzene rings is 2. The minimum atomic E-state index is -0.668. The first-order chi connectivity index (χ1) is 15.7. The van der Waals surface area contributed by atoms with E-state index in [9.17, 15) is 9.59 Å². The number of likely N-dealkylation sites (N-methyl/N-ethyl adjacent to an activating group) is 1. The van der Waals surface area contributed by atoms with Crippen LogP contribution in [0.1, 0.15) is 40.2 Å². The van der Waals surface area contributed by atoms with Crippen LogP contribution in [-0.4, -0.2) is 42.7 Å². The van der Waals surface area contributed by atoms with E-state index in [-0.39, 0.29) is 17.4 Å². The van der Waals surface area contributed by atoms with Gasteiger partial charge in [-0.1, -0.05) is 18.2 Å². The van der Waals surface area contributed by atoms with E-state index in [2.05, 4.69) is 5.32 Å². The molecular weight excluding hydrogens is 424 g/mol. The monoisotopic (exact) mass is 454 g/mol. The van der Waals surface area contributed by atoms with Gasteiger partial charge in [-0.2, -0.15) is 0 Å². The summed E-state index contributed by atoms with van der Waals surface area (Å²) in [5, 5.41) is 2.75. The lowest BCUT2D eigenvalue weighted by Gasteiger charge is -2.28. The van der Waals surface area contributed by atoms with Crippen molar-refractivity contribution in [2.75, 3.05) is 25.5 Å². The number of anilines is 1. The van der Waals surface area contributed by atoms with Crippen molar-refractivity contribution in [2.45, 2.75) is 40.2 Å². The van der Waals surface area contributed by atoms with Gasteiger partial charge in [0, 0.05) is 18.7 Å². The van der Waals surface area contributed by atoms with Crippen LogP contribution in [0.5, 0.6) is 17.2 Å². The lowest BCUT2D eigenvalue weighted by Crippen LogP contribution is -2.35. The van der Waals surface area contributed by atoms with Crippen molar-refractivity contribution >= 4 is 23.4 Å². The van der Waals surface area contributed by atoms with E-state index in [1.165, 1.54) is 7.11 Å². The molecule has 2 aromatic rings. The lowest BCUT2D eigenvalue weighted by atomic mass is 10.1. The van der Waals surface area contributed by atoms with E-state index in [0.717, 1.165) is 0 Å². The molecule has 2 amide bonds. The van der Waals surface area contributed by atoms with E-state index in [1.54, 1.807) is 68.1 Å². The van der Waals surface area contributed by atoms with Gasteiger partial charge >= 0.3 is 6.09 Å². The van der Waals surface area contributed by atoms with Gasteiger partial charge in [0.1, 0.15) is 5.60 Å². The van der Waals surface area contributed by atoms with Gasteiger partial charge in [-0.15, -0.1) is 0 Å². The minimum Gasteiger partial charge on any atom is -0.493 e. The predicted octanol–water partition coefficient (Wildman–Crippen LogP) is 5.05. The summed E-state index contributed by atoms with van der Waals surface area (Å²) in [6.07, 6.45) is -0.623. The summed E-state index contributed by atoms with van der Waals surface area (Å²) in [5.41, 5.74) is 0.211. The van der Waals surface area contributed by atoms with E-state index in [0.29, 0.717) is 41.6 Å². The number of methoxy groups -OCH3 is 1. The second-order valence-corrected chi connectivity index (χ2v) is 8.30. The Morgan fingerprint density at radius 3 is 2.33 bits per heavy atom. The molecule has 8 heteroatoms. The first-order valence-corrected chi connectivity index (χ1v) is 10.8. The van der Waals surface area contributed by atoms with Gasteiger partial charge < -0.3 is 23.8 Å². The van der Waals surface area contributed by atoms with E-state index in [4.69, 9.17) is 18.9 Å². The fourth-order valence-electron chi connectivity index (χ4n) is 3.32. The van der Waals surface area contributed by atoms with Crippen molar-refractivity contribution in [3.63, 3.8) is 0 Å². The average Bonchev–Trinajstić information content (AvgIpc) is 2.77. The molecule has 2 aromatic carbocycles. The molecule has 0 aromatic heterocycles. The highest BCUT2D eigenvalue weighted by molar-refractivity contribution is 6.01. The van der Waals surface area contributed by atoms with Crippen LogP contribution in [0.3, 0.4) is 0 Å². The third kappa shape index (κ3) is 5.39. The summed E-state index contributed by atoms with van der Waals surface area (Å²) in [6.45, 7) is 10.1. The fourth-order valence-corrected chi connectivity index (χ4v) is 3.32. The molecule has 1 aliphatic heterocycles. The Morgan fingerprint density at radius 1 is 1.00 bits per heavy atom. The largest absolute Gasteiger partial charge is 0.493 e. The zero-order valence-corrected chi connectivity index (χ0v) is 19.9. The van der Waals surface area contributed by atoms with Crippen molar-refractivity contribution in [3.05, 3.63) is 53.8 Å². The molecule has 8 nitrogen and oxygen atoms in total. The Kier molecular flexibility index (Phi) is 7.16. The number of carbonyl (C=O) groups excluding carboxylic acids is 2. The van der Waals surface area contributed by atoms with Gasteiger partial charge in [0.25, 0.3) is 5.91 Å². The number of nitrogens with zero attached hydrogens (tertiary/aromatic N) is 1. The molecule has 0 atom stereocenters. The first kappa shape index (κ1) is 24.0. The maximum Gasteiger partial charge on any atom is 0.412 e. The van der Waals surface area contributed by atoms with Crippen LogP contribution in [-0.2, 0) is 9.53 Å². The summed E-state index contributed by atoms with van der Waals surface area (Å²) >= 11 is 0. The Bertz CT molecular complexity index is 1070. The van der Waals surface area contributed by atoms with Gasteiger partial charge in [0.05, 0.1) is 12.8 Å². The number of hydrogen-bond donors (Lipinski definition) is 1.